The summed E-state index contributed by atoms with van der Waals surface area (Å²) in [5.74, 6) is 0. The Hall–Kier alpha value is -0.590. The third kappa shape index (κ3) is 5.62. The normalized spacial score (nSPS) is 14.9. The van der Waals surface area contributed by atoms with Crippen LogP contribution in [0.1, 0.15) is 33.1 Å². The maximum atomic E-state index is 8.80. The Morgan fingerprint density at radius 1 is 1.46 bits per heavy atom. The van der Waals surface area contributed by atoms with Gasteiger partial charge >= 0.3 is 0 Å². The van der Waals surface area contributed by atoms with E-state index in [2.05, 4.69) is 18.3 Å². The van der Waals surface area contributed by atoms with Crippen LogP contribution in [0.4, 0.5) is 0 Å². The Morgan fingerprint density at radius 2 is 2.15 bits per heavy atom. The molecule has 0 bridgehead atoms. The monoisotopic (exact) mass is 184 g/mol. The van der Waals surface area contributed by atoms with Gasteiger partial charge in [0.25, 0.3) is 0 Å². The van der Waals surface area contributed by atoms with Crippen molar-refractivity contribution in [3.63, 3.8) is 0 Å². The predicted octanol–water partition coefficient (Wildman–Crippen LogP) is 1.69. The van der Waals surface area contributed by atoms with Crippen molar-refractivity contribution in [2.45, 2.75) is 38.6 Å². The summed E-state index contributed by atoms with van der Waals surface area (Å²) < 4.78 is 5.40. The average molecular weight is 184 g/mol. The van der Waals surface area contributed by atoms with E-state index in [4.69, 9.17) is 10.00 Å². The first-order chi connectivity index (χ1) is 6.18. The Balaban J connectivity index is 3.46. The van der Waals surface area contributed by atoms with Crippen LogP contribution in [0, 0.1) is 11.3 Å². The van der Waals surface area contributed by atoms with Gasteiger partial charge in [0.2, 0.25) is 0 Å². The molecule has 1 N–H and O–H groups in total. The van der Waals surface area contributed by atoms with Crippen LogP contribution in [0.25, 0.3) is 0 Å². The molecule has 1 atom stereocenters. The molecule has 0 saturated heterocycles. The molecule has 0 aliphatic carbocycles. The minimum absolute atomic E-state index is 0.462. The van der Waals surface area contributed by atoms with Crippen molar-refractivity contribution in [3.8, 4) is 6.07 Å². The molecule has 0 aromatic heterocycles. The van der Waals surface area contributed by atoms with Gasteiger partial charge in [-0.05, 0) is 20.4 Å². The molecule has 3 nitrogen and oxygen atoms in total. The van der Waals surface area contributed by atoms with Gasteiger partial charge < -0.3 is 10.1 Å². The van der Waals surface area contributed by atoms with Crippen LogP contribution in [0.3, 0.4) is 0 Å². The first-order valence-corrected chi connectivity index (χ1v) is 4.86. The highest BCUT2D eigenvalue weighted by atomic mass is 16.5. The van der Waals surface area contributed by atoms with Gasteiger partial charge in [-0.25, -0.2) is 0 Å². The molecule has 0 rings (SSSR count). The quantitative estimate of drug-likeness (QED) is 0.612. The summed E-state index contributed by atoms with van der Waals surface area (Å²) in [5, 5.41) is 11.7. The molecular weight excluding hydrogens is 164 g/mol. The highest BCUT2D eigenvalue weighted by Crippen LogP contribution is 2.02. The number of nitriles is 1. The molecule has 3 heteroatoms. The number of ether oxygens (including phenoxy) is 1. The van der Waals surface area contributed by atoms with Gasteiger partial charge in [-0.15, -0.1) is 0 Å². The van der Waals surface area contributed by atoms with Gasteiger partial charge in [0.1, 0.15) is 5.54 Å². The first kappa shape index (κ1) is 12.4. The molecule has 0 aliphatic heterocycles. The summed E-state index contributed by atoms with van der Waals surface area (Å²) >= 11 is 0. The van der Waals surface area contributed by atoms with Crippen LogP contribution in [0.15, 0.2) is 0 Å². The zero-order chi connectivity index (χ0) is 10.2. The van der Waals surface area contributed by atoms with E-state index in [-0.39, 0.29) is 0 Å². The van der Waals surface area contributed by atoms with Crippen molar-refractivity contribution in [2.75, 3.05) is 20.3 Å². The first-order valence-electron chi connectivity index (χ1n) is 4.86. The molecule has 0 spiro atoms. The minimum Gasteiger partial charge on any atom is -0.378 e. The van der Waals surface area contributed by atoms with Crippen LogP contribution >= 0.6 is 0 Å². The topological polar surface area (TPSA) is 45.0 Å². The number of nitrogens with one attached hydrogen (secondary N) is 1. The molecule has 13 heavy (non-hydrogen) atoms. The van der Waals surface area contributed by atoms with Crippen molar-refractivity contribution in [3.05, 3.63) is 0 Å². The predicted molar refractivity (Wildman–Crippen MR) is 53.4 cm³/mol. The summed E-state index contributed by atoms with van der Waals surface area (Å²) in [4.78, 5) is 0. The van der Waals surface area contributed by atoms with Crippen molar-refractivity contribution in [1.29, 1.82) is 5.26 Å². The van der Waals surface area contributed by atoms with Gasteiger partial charge in [0.05, 0.1) is 12.7 Å². The van der Waals surface area contributed by atoms with E-state index in [0.717, 1.165) is 13.0 Å². The van der Waals surface area contributed by atoms with Gasteiger partial charge in [-0.2, -0.15) is 5.26 Å². The van der Waals surface area contributed by atoms with Gasteiger partial charge in [0.15, 0.2) is 0 Å². The zero-order valence-corrected chi connectivity index (χ0v) is 8.89. The van der Waals surface area contributed by atoms with E-state index in [0.29, 0.717) is 6.61 Å². The number of likely N-dealkylation sites (N-methyl/N-ethyl adjacent to an activating group) is 1. The van der Waals surface area contributed by atoms with Crippen molar-refractivity contribution < 1.29 is 4.74 Å². The van der Waals surface area contributed by atoms with Crippen molar-refractivity contribution in [2.24, 2.45) is 0 Å². The largest absolute Gasteiger partial charge is 0.378 e. The fraction of sp³-hybridized carbons (Fsp3) is 0.900. The maximum Gasteiger partial charge on any atom is 0.127 e. The molecule has 0 saturated carbocycles. The van der Waals surface area contributed by atoms with Crippen molar-refractivity contribution >= 4 is 0 Å². The lowest BCUT2D eigenvalue weighted by Crippen LogP contribution is -2.42. The number of rotatable bonds is 7. The molecule has 1 unspecified atom stereocenters. The van der Waals surface area contributed by atoms with Crippen LogP contribution < -0.4 is 5.32 Å². The summed E-state index contributed by atoms with van der Waals surface area (Å²) in [6.45, 7) is 5.22. The van der Waals surface area contributed by atoms with Crippen LogP contribution in [-0.2, 0) is 4.74 Å². The molecule has 0 aromatic rings. The molecule has 76 valence electrons. The van der Waals surface area contributed by atoms with Crippen LogP contribution in [0.2, 0.25) is 0 Å². The second kappa shape index (κ2) is 6.88. The molecule has 0 radical (unpaired) electrons. The Bertz CT molecular complexity index is 165. The molecular formula is C10H20N2O. The fourth-order valence-electron chi connectivity index (χ4n) is 0.891. The summed E-state index contributed by atoms with van der Waals surface area (Å²) in [6, 6.07) is 2.18. The lowest BCUT2D eigenvalue weighted by molar-refractivity contribution is 0.0952. The highest BCUT2D eigenvalue weighted by Gasteiger charge is 2.20. The Morgan fingerprint density at radius 3 is 2.62 bits per heavy atom. The zero-order valence-electron chi connectivity index (χ0n) is 8.89. The van der Waals surface area contributed by atoms with Crippen LogP contribution in [0.5, 0.6) is 0 Å². The smallest absolute Gasteiger partial charge is 0.127 e. The standard InChI is InChI=1S/C10H20N2O/c1-4-5-6-7-13-9-10(2,8-11)12-3/h12H,4-7,9H2,1-3H3. The average Bonchev–Trinajstić information content (AvgIpc) is 2.17. The Labute approximate surface area is 81.1 Å². The summed E-state index contributed by atoms with van der Waals surface area (Å²) in [5.41, 5.74) is -0.536. The third-order valence-corrected chi connectivity index (χ3v) is 2.08. The van der Waals surface area contributed by atoms with Gasteiger partial charge in [0, 0.05) is 6.61 Å². The van der Waals surface area contributed by atoms with Gasteiger partial charge in [-0.1, -0.05) is 19.8 Å². The lowest BCUT2D eigenvalue weighted by Gasteiger charge is -2.20. The number of hydrogen-bond acceptors (Lipinski definition) is 3. The fourth-order valence-corrected chi connectivity index (χ4v) is 0.891. The second-order valence-corrected chi connectivity index (χ2v) is 3.45. The maximum absolute atomic E-state index is 8.80. The van der Waals surface area contributed by atoms with E-state index >= 15 is 0 Å². The van der Waals surface area contributed by atoms with E-state index in [9.17, 15) is 0 Å². The van der Waals surface area contributed by atoms with E-state index < -0.39 is 5.54 Å². The van der Waals surface area contributed by atoms with Crippen LogP contribution in [-0.4, -0.2) is 25.8 Å². The summed E-state index contributed by atoms with van der Waals surface area (Å²) in [6.07, 6.45) is 3.48. The molecule has 0 amide bonds. The molecule has 0 heterocycles. The SMILES string of the molecule is CCCCCOCC(C)(C#N)NC. The Kier molecular flexibility index (Phi) is 6.56. The van der Waals surface area contributed by atoms with Crippen molar-refractivity contribution in [1.82, 2.24) is 5.32 Å². The summed E-state index contributed by atoms with van der Waals surface area (Å²) in [7, 11) is 1.78. The van der Waals surface area contributed by atoms with Gasteiger partial charge in [-0.3, -0.25) is 0 Å². The highest BCUT2D eigenvalue weighted by molar-refractivity contribution is 5.02. The molecule has 0 aliphatic rings. The number of nitrogens with zero attached hydrogens (tertiary/aromatic N) is 1. The third-order valence-electron chi connectivity index (χ3n) is 2.08. The van der Waals surface area contributed by atoms with E-state index in [1.54, 1.807) is 7.05 Å². The van der Waals surface area contributed by atoms with E-state index in [1.807, 2.05) is 6.92 Å². The molecule has 0 fully saturated rings. The minimum atomic E-state index is -0.536. The second-order valence-electron chi connectivity index (χ2n) is 3.45. The van der Waals surface area contributed by atoms with E-state index in [1.165, 1.54) is 12.8 Å². The number of hydrogen-bond donors (Lipinski definition) is 1. The number of unbranched alkanes of at least 4 members (excludes halogenated alkanes) is 2. The molecule has 0 aromatic carbocycles. The lowest BCUT2D eigenvalue weighted by atomic mass is 10.1.